The molecule has 3 heteroatoms. The zero-order valence-corrected chi connectivity index (χ0v) is 8.77. The summed E-state index contributed by atoms with van der Waals surface area (Å²) in [5.74, 6) is 2.26. The van der Waals surface area contributed by atoms with E-state index in [0.29, 0.717) is 12.1 Å². The van der Waals surface area contributed by atoms with E-state index in [9.17, 15) is 4.39 Å². The second kappa shape index (κ2) is 6.42. The van der Waals surface area contributed by atoms with E-state index < -0.39 is 0 Å². The third-order valence-electron chi connectivity index (χ3n) is 1.88. The molecule has 0 fully saturated rings. The first-order chi connectivity index (χ1) is 6.25. The second-order valence-corrected chi connectivity index (χ2v) is 2.83. The van der Waals surface area contributed by atoms with Gasteiger partial charge >= 0.3 is 0 Å². The Morgan fingerprint density at radius 2 is 2.14 bits per heavy atom. The van der Waals surface area contributed by atoms with Crippen LogP contribution in [0.15, 0.2) is 24.3 Å². The standard InChI is InChI=1S/C11H12FN.ClH/c1-3-8-13-9(2)10-6-4-5-7-11(10)12;/h1,4-7,9,13H,8H2,2H3;1H/t9-;/m0./s1. The first kappa shape index (κ1) is 13.0. The Morgan fingerprint density at radius 3 is 2.71 bits per heavy atom. The second-order valence-electron chi connectivity index (χ2n) is 2.83. The van der Waals surface area contributed by atoms with Crippen molar-refractivity contribution in [1.29, 1.82) is 0 Å². The molecule has 0 bridgehead atoms. The molecule has 0 aliphatic heterocycles. The fraction of sp³-hybridized carbons (Fsp3) is 0.273. The Balaban J connectivity index is 0.00000169. The fourth-order valence-corrected chi connectivity index (χ4v) is 1.15. The number of hydrogen-bond donors (Lipinski definition) is 1. The summed E-state index contributed by atoms with van der Waals surface area (Å²) in [6, 6.07) is 6.64. The quantitative estimate of drug-likeness (QED) is 0.761. The summed E-state index contributed by atoms with van der Waals surface area (Å²) in [4.78, 5) is 0. The van der Waals surface area contributed by atoms with Gasteiger partial charge in [0.2, 0.25) is 0 Å². The minimum atomic E-state index is -0.195. The van der Waals surface area contributed by atoms with Crippen molar-refractivity contribution in [1.82, 2.24) is 5.32 Å². The van der Waals surface area contributed by atoms with Crippen LogP contribution in [0.25, 0.3) is 0 Å². The van der Waals surface area contributed by atoms with Gasteiger partial charge in [-0.2, -0.15) is 0 Å². The molecule has 0 aliphatic rings. The summed E-state index contributed by atoms with van der Waals surface area (Å²) < 4.78 is 13.2. The average Bonchev–Trinajstić information content (AvgIpc) is 2.15. The van der Waals surface area contributed by atoms with Gasteiger partial charge in [-0.3, -0.25) is 5.32 Å². The van der Waals surface area contributed by atoms with Crippen LogP contribution in [0.5, 0.6) is 0 Å². The molecule has 0 spiro atoms. The van der Waals surface area contributed by atoms with E-state index in [-0.39, 0.29) is 24.3 Å². The summed E-state index contributed by atoms with van der Waals surface area (Å²) in [6.07, 6.45) is 5.09. The van der Waals surface area contributed by atoms with E-state index >= 15 is 0 Å². The lowest BCUT2D eigenvalue weighted by Crippen LogP contribution is -2.19. The van der Waals surface area contributed by atoms with Crippen molar-refractivity contribution in [3.05, 3.63) is 35.6 Å². The summed E-state index contributed by atoms with van der Waals surface area (Å²) in [6.45, 7) is 2.34. The molecule has 0 saturated heterocycles. The monoisotopic (exact) mass is 213 g/mol. The third kappa shape index (κ3) is 3.37. The molecule has 1 N–H and O–H groups in total. The van der Waals surface area contributed by atoms with Gasteiger partial charge in [-0.15, -0.1) is 18.8 Å². The highest BCUT2D eigenvalue weighted by Crippen LogP contribution is 2.15. The van der Waals surface area contributed by atoms with Gasteiger partial charge in [-0.1, -0.05) is 24.1 Å². The molecule has 0 unspecified atom stereocenters. The van der Waals surface area contributed by atoms with Crippen molar-refractivity contribution < 1.29 is 4.39 Å². The third-order valence-corrected chi connectivity index (χ3v) is 1.88. The Bertz CT molecular complexity index is 319. The summed E-state index contributed by atoms with van der Waals surface area (Å²) >= 11 is 0. The maximum atomic E-state index is 13.2. The van der Waals surface area contributed by atoms with Crippen LogP contribution in [0.4, 0.5) is 4.39 Å². The highest BCUT2D eigenvalue weighted by Gasteiger charge is 2.07. The molecule has 1 atom stereocenters. The Morgan fingerprint density at radius 1 is 1.50 bits per heavy atom. The summed E-state index contributed by atoms with van der Waals surface area (Å²) in [7, 11) is 0. The van der Waals surface area contributed by atoms with Crippen molar-refractivity contribution in [2.75, 3.05) is 6.54 Å². The van der Waals surface area contributed by atoms with Gasteiger partial charge in [-0.25, -0.2) is 4.39 Å². The normalized spacial score (nSPS) is 11.2. The van der Waals surface area contributed by atoms with Crippen molar-refractivity contribution in [2.45, 2.75) is 13.0 Å². The van der Waals surface area contributed by atoms with Gasteiger partial charge in [0, 0.05) is 11.6 Å². The minimum absolute atomic E-state index is 0. The number of benzene rings is 1. The minimum Gasteiger partial charge on any atom is -0.299 e. The number of hydrogen-bond acceptors (Lipinski definition) is 1. The molecule has 1 aromatic rings. The summed E-state index contributed by atoms with van der Waals surface area (Å²) in [5.41, 5.74) is 0.651. The number of halogens is 2. The van der Waals surface area contributed by atoms with Gasteiger partial charge in [0.25, 0.3) is 0 Å². The van der Waals surface area contributed by atoms with Crippen LogP contribution < -0.4 is 5.32 Å². The maximum Gasteiger partial charge on any atom is 0.127 e. The Labute approximate surface area is 90.1 Å². The Kier molecular flexibility index (Phi) is 5.94. The van der Waals surface area contributed by atoms with Crippen LogP contribution in [0.2, 0.25) is 0 Å². The predicted octanol–water partition coefficient (Wildman–Crippen LogP) is 2.53. The van der Waals surface area contributed by atoms with Gasteiger partial charge in [0.1, 0.15) is 5.82 Å². The zero-order chi connectivity index (χ0) is 9.68. The van der Waals surface area contributed by atoms with Crippen LogP contribution in [0.3, 0.4) is 0 Å². The van der Waals surface area contributed by atoms with Crippen molar-refractivity contribution in [3.63, 3.8) is 0 Å². The molecule has 14 heavy (non-hydrogen) atoms. The SMILES string of the molecule is C#CCN[C@@H](C)c1ccccc1F.Cl. The van der Waals surface area contributed by atoms with Crippen LogP contribution in [0.1, 0.15) is 18.5 Å². The van der Waals surface area contributed by atoms with Gasteiger partial charge in [-0.05, 0) is 13.0 Å². The van der Waals surface area contributed by atoms with E-state index in [4.69, 9.17) is 6.42 Å². The smallest absolute Gasteiger partial charge is 0.127 e. The van der Waals surface area contributed by atoms with E-state index in [1.807, 2.05) is 13.0 Å². The number of rotatable bonds is 3. The lowest BCUT2D eigenvalue weighted by molar-refractivity contribution is 0.551. The molecular formula is C11H13ClFN. The van der Waals surface area contributed by atoms with E-state index in [0.717, 1.165) is 0 Å². The molecule has 1 aromatic carbocycles. The Hall–Kier alpha value is -1.04. The van der Waals surface area contributed by atoms with Gasteiger partial charge < -0.3 is 0 Å². The van der Waals surface area contributed by atoms with Gasteiger partial charge in [0.15, 0.2) is 0 Å². The first-order valence-corrected chi connectivity index (χ1v) is 4.17. The van der Waals surface area contributed by atoms with E-state index in [1.54, 1.807) is 12.1 Å². The molecule has 0 heterocycles. The van der Waals surface area contributed by atoms with Crippen LogP contribution in [0, 0.1) is 18.2 Å². The molecule has 1 nitrogen and oxygen atoms in total. The summed E-state index contributed by atoms with van der Waals surface area (Å²) in [5, 5.41) is 3.01. The molecule has 76 valence electrons. The number of nitrogens with one attached hydrogen (secondary N) is 1. The first-order valence-electron chi connectivity index (χ1n) is 4.17. The highest BCUT2D eigenvalue weighted by atomic mass is 35.5. The molecule has 1 rings (SSSR count). The lowest BCUT2D eigenvalue weighted by Gasteiger charge is -2.12. The number of terminal acetylenes is 1. The predicted molar refractivity (Wildman–Crippen MR) is 58.9 cm³/mol. The van der Waals surface area contributed by atoms with Crippen molar-refractivity contribution in [3.8, 4) is 12.3 Å². The van der Waals surface area contributed by atoms with Crippen LogP contribution >= 0.6 is 12.4 Å². The van der Waals surface area contributed by atoms with Crippen LogP contribution in [-0.4, -0.2) is 6.54 Å². The topological polar surface area (TPSA) is 12.0 Å². The fourth-order valence-electron chi connectivity index (χ4n) is 1.15. The van der Waals surface area contributed by atoms with Crippen molar-refractivity contribution >= 4 is 12.4 Å². The molecule has 0 amide bonds. The molecule has 0 aromatic heterocycles. The highest BCUT2D eigenvalue weighted by molar-refractivity contribution is 5.85. The molecule has 0 aliphatic carbocycles. The molecule has 0 saturated carbocycles. The largest absolute Gasteiger partial charge is 0.299 e. The van der Waals surface area contributed by atoms with Crippen molar-refractivity contribution in [2.24, 2.45) is 0 Å². The lowest BCUT2D eigenvalue weighted by atomic mass is 10.1. The molecular weight excluding hydrogens is 201 g/mol. The van der Waals surface area contributed by atoms with E-state index in [1.165, 1.54) is 6.07 Å². The average molecular weight is 214 g/mol. The van der Waals surface area contributed by atoms with E-state index in [2.05, 4.69) is 11.2 Å². The zero-order valence-electron chi connectivity index (χ0n) is 7.96. The maximum absolute atomic E-state index is 13.2. The van der Waals surface area contributed by atoms with Crippen LogP contribution in [-0.2, 0) is 0 Å². The van der Waals surface area contributed by atoms with Gasteiger partial charge in [0.05, 0.1) is 6.54 Å². The molecule has 0 radical (unpaired) electrons.